The summed E-state index contributed by atoms with van der Waals surface area (Å²) in [6.07, 6.45) is 2.53. The second-order valence-corrected chi connectivity index (χ2v) is 10.5. The summed E-state index contributed by atoms with van der Waals surface area (Å²) in [5, 5.41) is 12.7. The van der Waals surface area contributed by atoms with Crippen LogP contribution in [-0.4, -0.2) is 35.5 Å². The van der Waals surface area contributed by atoms with Crippen molar-refractivity contribution in [2.75, 3.05) is 0 Å². The largest absolute Gasteiger partial charge is 0.360 e. The number of aromatic nitrogens is 1. The molecule has 36 heavy (non-hydrogen) atoms. The predicted octanol–water partition coefficient (Wildman–Crippen LogP) is 4.72. The summed E-state index contributed by atoms with van der Waals surface area (Å²) in [6.45, 7) is 3.61. The molecular formula is C25H27ClN2O7S. The first kappa shape index (κ1) is 27.7. The van der Waals surface area contributed by atoms with Crippen LogP contribution in [-0.2, 0) is 39.0 Å². The minimum Gasteiger partial charge on any atom is -0.360 e. The number of ketones is 3. The fourth-order valence-electron chi connectivity index (χ4n) is 4.70. The first-order valence-electron chi connectivity index (χ1n) is 11.8. The normalized spacial score (nSPS) is 14.8. The SMILES string of the molecule is CCCCCc1c(C(=O)C2C(=O)CCCC2=O)c(Cl)c(-c2cc(CC#N)on2)c(CC)c1S(=O)(=O)O. The third-order valence-electron chi connectivity index (χ3n) is 6.30. The van der Waals surface area contributed by atoms with Crippen molar-refractivity contribution in [2.45, 2.75) is 76.5 Å². The van der Waals surface area contributed by atoms with Crippen LogP contribution in [0.1, 0.15) is 79.6 Å². The highest BCUT2D eigenvalue weighted by Crippen LogP contribution is 2.43. The molecule has 3 rings (SSSR count). The van der Waals surface area contributed by atoms with Gasteiger partial charge in [0.25, 0.3) is 10.1 Å². The zero-order chi connectivity index (χ0) is 26.6. The molecule has 192 valence electrons. The molecule has 2 aromatic rings. The lowest BCUT2D eigenvalue weighted by atomic mass is 9.79. The van der Waals surface area contributed by atoms with E-state index >= 15 is 0 Å². The van der Waals surface area contributed by atoms with Crippen LogP contribution in [0.5, 0.6) is 0 Å². The van der Waals surface area contributed by atoms with Gasteiger partial charge in [-0.1, -0.05) is 43.4 Å². The van der Waals surface area contributed by atoms with Crippen LogP contribution < -0.4 is 0 Å². The number of hydrogen-bond donors (Lipinski definition) is 1. The van der Waals surface area contributed by atoms with Gasteiger partial charge in [-0.25, -0.2) is 0 Å². The van der Waals surface area contributed by atoms with E-state index in [1.54, 1.807) is 6.92 Å². The summed E-state index contributed by atoms with van der Waals surface area (Å²) in [7, 11) is -4.87. The Hall–Kier alpha value is -2.87. The predicted molar refractivity (Wildman–Crippen MR) is 130 cm³/mol. The second kappa shape index (κ2) is 11.5. The van der Waals surface area contributed by atoms with Crippen LogP contribution in [0.2, 0.25) is 5.02 Å². The number of Topliss-reactive ketones (excluding diaryl/α,β-unsaturated/α-hetero) is 3. The van der Waals surface area contributed by atoms with Crippen molar-refractivity contribution in [1.29, 1.82) is 5.26 Å². The Bertz CT molecular complexity index is 1340. The van der Waals surface area contributed by atoms with Crippen molar-refractivity contribution in [2.24, 2.45) is 5.92 Å². The van der Waals surface area contributed by atoms with Gasteiger partial charge >= 0.3 is 0 Å². The lowest BCUT2D eigenvalue weighted by Crippen LogP contribution is -2.36. The summed E-state index contributed by atoms with van der Waals surface area (Å²) < 4.78 is 40.9. The van der Waals surface area contributed by atoms with E-state index in [1.165, 1.54) is 6.07 Å². The number of nitriles is 1. The summed E-state index contributed by atoms with van der Waals surface area (Å²) >= 11 is 6.80. The molecule has 11 heteroatoms. The van der Waals surface area contributed by atoms with Crippen molar-refractivity contribution in [3.8, 4) is 17.3 Å². The Morgan fingerprint density at radius 3 is 2.44 bits per heavy atom. The number of benzene rings is 1. The Labute approximate surface area is 214 Å². The van der Waals surface area contributed by atoms with E-state index in [2.05, 4.69) is 5.16 Å². The quantitative estimate of drug-likeness (QED) is 0.197. The highest BCUT2D eigenvalue weighted by atomic mass is 35.5. The Balaban J connectivity index is 2.42. The smallest absolute Gasteiger partial charge is 0.295 e. The lowest BCUT2D eigenvalue weighted by Gasteiger charge is -2.24. The van der Waals surface area contributed by atoms with E-state index in [0.29, 0.717) is 19.3 Å². The van der Waals surface area contributed by atoms with Crippen molar-refractivity contribution in [1.82, 2.24) is 5.16 Å². The molecule has 0 radical (unpaired) electrons. The van der Waals surface area contributed by atoms with Crippen LogP contribution in [0.3, 0.4) is 0 Å². The third-order valence-corrected chi connectivity index (χ3v) is 7.69. The minimum absolute atomic E-state index is 0.00605. The molecule has 1 N–H and O–H groups in total. The molecular weight excluding hydrogens is 508 g/mol. The number of halogens is 1. The van der Waals surface area contributed by atoms with Gasteiger partial charge in [-0.2, -0.15) is 13.7 Å². The van der Waals surface area contributed by atoms with Gasteiger partial charge in [-0.3, -0.25) is 18.9 Å². The van der Waals surface area contributed by atoms with Crippen molar-refractivity contribution < 1.29 is 31.9 Å². The summed E-state index contributed by atoms with van der Waals surface area (Å²) in [6, 6.07) is 3.32. The summed E-state index contributed by atoms with van der Waals surface area (Å²) in [5.41, 5.74) is -0.0383. The molecule has 0 spiro atoms. The van der Waals surface area contributed by atoms with Gasteiger partial charge in [-0.05, 0) is 36.8 Å². The van der Waals surface area contributed by atoms with Gasteiger partial charge in [-0.15, -0.1) is 0 Å². The standard InChI is InChI=1S/C25H27ClN2O7S/c1-3-5-6-8-16-21(24(31)22-18(29)9-7-10-19(22)30)23(26)20(15(4-2)25(16)36(32,33)34)17-13-14(11-12-27)35-28-17/h13,22H,3-11H2,1-2H3,(H,32,33,34). The monoisotopic (exact) mass is 534 g/mol. The van der Waals surface area contributed by atoms with Gasteiger partial charge in [0.15, 0.2) is 23.1 Å². The molecule has 1 aliphatic carbocycles. The van der Waals surface area contributed by atoms with E-state index in [4.69, 9.17) is 21.4 Å². The number of rotatable bonds is 10. The van der Waals surface area contributed by atoms with Crippen LogP contribution >= 0.6 is 11.6 Å². The van der Waals surface area contributed by atoms with Crippen LogP contribution in [0.15, 0.2) is 15.5 Å². The van der Waals surface area contributed by atoms with Gasteiger partial charge < -0.3 is 4.52 Å². The molecule has 0 amide bonds. The van der Waals surface area contributed by atoms with E-state index in [-0.39, 0.29) is 70.8 Å². The van der Waals surface area contributed by atoms with E-state index in [1.807, 2.05) is 13.0 Å². The second-order valence-electron chi connectivity index (χ2n) is 8.73. The molecule has 0 unspecified atom stereocenters. The molecule has 0 bridgehead atoms. The maximum absolute atomic E-state index is 13.8. The molecule has 1 heterocycles. The fraction of sp³-hybridized carbons (Fsp3) is 0.480. The molecule has 0 atom stereocenters. The van der Waals surface area contributed by atoms with Gasteiger partial charge in [0, 0.05) is 30.0 Å². The molecule has 0 aliphatic heterocycles. The van der Waals surface area contributed by atoms with E-state index < -0.39 is 38.3 Å². The molecule has 1 fully saturated rings. The Kier molecular flexibility index (Phi) is 8.82. The Morgan fingerprint density at radius 2 is 1.89 bits per heavy atom. The first-order chi connectivity index (χ1) is 17.1. The molecule has 0 saturated heterocycles. The maximum Gasteiger partial charge on any atom is 0.295 e. The molecule has 1 aromatic heterocycles. The molecule has 9 nitrogen and oxygen atoms in total. The maximum atomic E-state index is 13.8. The molecule has 1 aliphatic rings. The average Bonchev–Trinajstić information content (AvgIpc) is 3.26. The van der Waals surface area contributed by atoms with Crippen LogP contribution in [0.4, 0.5) is 0 Å². The third kappa shape index (κ3) is 5.43. The Morgan fingerprint density at radius 1 is 1.22 bits per heavy atom. The number of carbonyl (C=O) groups is 3. The zero-order valence-electron chi connectivity index (χ0n) is 20.1. The first-order valence-corrected chi connectivity index (χ1v) is 13.7. The average molecular weight is 535 g/mol. The number of unbranched alkanes of at least 4 members (excludes halogenated alkanes) is 2. The van der Waals surface area contributed by atoms with Gasteiger partial charge in [0.05, 0.1) is 17.5 Å². The minimum atomic E-state index is -4.87. The van der Waals surface area contributed by atoms with Crippen molar-refractivity contribution in [3.05, 3.63) is 33.5 Å². The van der Waals surface area contributed by atoms with Crippen LogP contribution in [0, 0.1) is 17.2 Å². The molecule has 1 saturated carbocycles. The number of hydrogen-bond acceptors (Lipinski definition) is 8. The van der Waals surface area contributed by atoms with Gasteiger partial charge in [0.2, 0.25) is 0 Å². The number of nitrogens with zero attached hydrogens (tertiary/aromatic N) is 2. The highest BCUT2D eigenvalue weighted by molar-refractivity contribution is 7.86. The van der Waals surface area contributed by atoms with E-state index in [0.717, 1.165) is 6.42 Å². The lowest BCUT2D eigenvalue weighted by molar-refractivity contribution is -0.133. The van der Waals surface area contributed by atoms with Crippen LogP contribution in [0.25, 0.3) is 11.3 Å². The van der Waals surface area contributed by atoms with E-state index in [9.17, 15) is 27.4 Å². The summed E-state index contributed by atoms with van der Waals surface area (Å²) in [4.78, 5) is 38.6. The van der Waals surface area contributed by atoms with Crippen molar-refractivity contribution >= 4 is 39.1 Å². The summed E-state index contributed by atoms with van der Waals surface area (Å²) in [5.74, 6) is -3.35. The highest BCUT2D eigenvalue weighted by Gasteiger charge is 2.41. The van der Waals surface area contributed by atoms with Crippen molar-refractivity contribution in [3.63, 3.8) is 0 Å². The fourth-order valence-corrected chi connectivity index (χ4v) is 6.19. The zero-order valence-corrected chi connectivity index (χ0v) is 21.7. The topological polar surface area (TPSA) is 155 Å². The molecule has 1 aromatic carbocycles. The number of carbonyl (C=O) groups excluding carboxylic acids is 3. The van der Waals surface area contributed by atoms with Gasteiger partial charge in [0.1, 0.15) is 16.5 Å².